The van der Waals surface area contributed by atoms with Gasteiger partial charge in [-0.25, -0.2) is 0 Å². The molecule has 1 N–H and O–H groups in total. The van der Waals surface area contributed by atoms with Gasteiger partial charge in [-0.2, -0.15) is 0 Å². The van der Waals surface area contributed by atoms with E-state index in [1.54, 1.807) is 0 Å². The fourth-order valence-electron chi connectivity index (χ4n) is 1.90. The van der Waals surface area contributed by atoms with Crippen LogP contribution in [0.15, 0.2) is 23.0 Å². The minimum Gasteiger partial charge on any atom is -0.358 e. The van der Waals surface area contributed by atoms with E-state index in [1.165, 1.54) is 0 Å². The molecule has 0 unspecified atom stereocenters. The first-order valence-corrected chi connectivity index (χ1v) is 5.25. The highest BCUT2D eigenvalue weighted by atomic mass is 16.1. The number of nitrogens with one attached hydrogen (secondary N) is 1. The Kier molecular flexibility index (Phi) is 2.35. The highest BCUT2D eigenvalue weighted by molar-refractivity contribution is 5.80. The van der Waals surface area contributed by atoms with Gasteiger partial charge in [-0.05, 0) is 32.4 Å². The molecular formula is C13H15NO. The van der Waals surface area contributed by atoms with Crippen molar-refractivity contribution >= 4 is 10.9 Å². The van der Waals surface area contributed by atoms with Crippen LogP contribution in [0.5, 0.6) is 0 Å². The molecule has 78 valence electrons. The van der Waals surface area contributed by atoms with Crippen molar-refractivity contribution in [1.29, 1.82) is 0 Å². The van der Waals surface area contributed by atoms with Gasteiger partial charge in [0.05, 0.1) is 0 Å². The van der Waals surface area contributed by atoms with Crippen molar-refractivity contribution in [1.82, 2.24) is 4.98 Å². The maximum absolute atomic E-state index is 12.0. The summed E-state index contributed by atoms with van der Waals surface area (Å²) in [6, 6.07) is 5.94. The Balaban J connectivity index is 2.91. The quantitative estimate of drug-likeness (QED) is 0.756. The zero-order valence-electron chi connectivity index (χ0n) is 9.35. The zero-order chi connectivity index (χ0) is 11.0. The molecule has 0 amide bonds. The maximum atomic E-state index is 12.0. The summed E-state index contributed by atoms with van der Waals surface area (Å²) >= 11 is 0. The van der Waals surface area contributed by atoms with Gasteiger partial charge in [-0.15, -0.1) is 0 Å². The number of fused-ring (bicyclic) bond motifs is 1. The Morgan fingerprint density at radius 2 is 2.00 bits per heavy atom. The molecule has 0 aliphatic rings. The molecule has 0 fully saturated rings. The highest BCUT2D eigenvalue weighted by Crippen LogP contribution is 2.13. The van der Waals surface area contributed by atoms with Crippen molar-refractivity contribution in [3.8, 4) is 0 Å². The summed E-state index contributed by atoms with van der Waals surface area (Å²) in [5.74, 6) is 0. The number of rotatable bonds is 1. The predicted octanol–water partition coefficient (Wildman–Crippen LogP) is 2.71. The first-order valence-electron chi connectivity index (χ1n) is 5.25. The summed E-state index contributed by atoms with van der Waals surface area (Å²) in [4.78, 5) is 15.4. The van der Waals surface area contributed by atoms with E-state index in [1.807, 2.05) is 32.0 Å². The van der Waals surface area contributed by atoms with E-state index >= 15 is 0 Å². The van der Waals surface area contributed by atoms with Crippen LogP contribution in [0.1, 0.15) is 23.7 Å². The van der Waals surface area contributed by atoms with Gasteiger partial charge in [0, 0.05) is 22.2 Å². The molecule has 0 bridgehead atoms. The van der Waals surface area contributed by atoms with Crippen molar-refractivity contribution in [3.63, 3.8) is 0 Å². The third-order valence-electron chi connectivity index (χ3n) is 2.85. The molecule has 0 saturated carbocycles. The summed E-state index contributed by atoms with van der Waals surface area (Å²) in [5.41, 5.74) is 4.10. The summed E-state index contributed by atoms with van der Waals surface area (Å²) in [5, 5.41) is 0.796. The van der Waals surface area contributed by atoms with E-state index in [9.17, 15) is 4.79 Å². The molecule has 0 saturated heterocycles. The number of pyridine rings is 1. The molecule has 0 aliphatic carbocycles. The minimum absolute atomic E-state index is 0.157. The second-order valence-electron chi connectivity index (χ2n) is 3.96. The van der Waals surface area contributed by atoms with Crippen molar-refractivity contribution in [2.45, 2.75) is 27.2 Å². The van der Waals surface area contributed by atoms with Gasteiger partial charge < -0.3 is 4.98 Å². The number of aromatic nitrogens is 1. The molecular weight excluding hydrogens is 186 g/mol. The Labute approximate surface area is 89.0 Å². The fourth-order valence-corrected chi connectivity index (χ4v) is 1.90. The van der Waals surface area contributed by atoms with Crippen LogP contribution in [0.25, 0.3) is 10.9 Å². The van der Waals surface area contributed by atoms with Gasteiger partial charge in [0.2, 0.25) is 0 Å². The molecule has 1 heterocycles. The van der Waals surface area contributed by atoms with Crippen LogP contribution in [0, 0.1) is 13.8 Å². The molecule has 0 atom stereocenters. The SMILES string of the molecule is CCc1[nH]c2ccc(C)cc2c(=O)c1C. The molecule has 0 radical (unpaired) electrons. The number of aryl methyl sites for hydroxylation is 2. The van der Waals surface area contributed by atoms with Gasteiger partial charge in [-0.1, -0.05) is 18.6 Å². The topological polar surface area (TPSA) is 32.9 Å². The maximum Gasteiger partial charge on any atom is 0.192 e. The van der Waals surface area contributed by atoms with Gasteiger partial charge in [0.1, 0.15) is 0 Å². The summed E-state index contributed by atoms with van der Waals surface area (Å²) < 4.78 is 0. The molecule has 1 aromatic carbocycles. The van der Waals surface area contributed by atoms with Gasteiger partial charge in [0.15, 0.2) is 5.43 Å². The van der Waals surface area contributed by atoms with Crippen LogP contribution in [-0.4, -0.2) is 4.98 Å². The lowest BCUT2D eigenvalue weighted by molar-refractivity contribution is 1.02. The van der Waals surface area contributed by atoms with Crippen LogP contribution >= 0.6 is 0 Å². The standard InChI is InChI=1S/C13H15NO/c1-4-11-9(3)13(15)10-7-8(2)5-6-12(10)14-11/h5-7H,4H2,1-3H3,(H,14,15). The normalized spacial score (nSPS) is 10.9. The van der Waals surface area contributed by atoms with Gasteiger partial charge >= 0.3 is 0 Å². The molecule has 15 heavy (non-hydrogen) atoms. The number of benzene rings is 1. The van der Waals surface area contributed by atoms with Crippen molar-refractivity contribution in [2.75, 3.05) is 0 Å². The predicted molar refractivity (Wildman–Crippen MR) is 63.4 cm³/mol. The first-order chi connectivity index (χ1) is 7.13. The van der Waals surface area contributed by atoms with E-state index in [0.29, 0.717) is 0 Å². The molecule has 2 nitrogen and oxygen atoms in total. The van der Waals surface area contributed by atoms with Crippen LogP contribution in [0.2, 0.25) is 0 Å². The van der Waals surface area contributed by atoms with Crippen LogP contribution in [0.3, 0.4) is 0 Å². The Morgan fingerprint density at radius 1 is 1.27 bits per heavy atom. The van der Waals surface area contributed by atoms with Gasteiger partial charge in [0.25, 0.3) is 0 Å². The summed E-state index contributed by atoms with van der Waals surface area (Å²) in [6.45, 7) is 5.94. The second-order valence-corrected chi connectivity index (χ2v) is 3.96. The lowest BCUT2D eigenvalue weighted by Crippen LogP contribution is -2.11. The van der Waals surface area contributed by atoms with Crippen molar-refractivity contribution in [2.24, 2.45) is 0 Å². The lowest BCUT2D eigenvalue weighted by atomic mass is 10.1. The molecule has 0 aliphatic heterocycles. The van der Waals surface area contributed by atoms with E-state index < -0.39 is 0 Å². The molecule has 0 spiro atoms. The largest absolute Gasteiger partial charge is 0.358 e. The zero-order valence-corrected chi connectivity index (χ0v) is 9.35. The van der Waals surface area contributed by atoms with Crippen LogP contribution < -0.4 is 5.43 Å². The minimum atomic E-state index is 0.157. The second kappa shape index (κ2) is 3.54. The Morgan fingerprint density at radius 3 is 2.67 bits per heavy atom. The fraction of sp³-hybridized carbons (Fsp3) is 0.308. The number of H-pyrrole nitrogens is 1. The number of aromatic amines is 1. The smallest absolute Gasteiger partial charge is 0.192 e. The van der Waals surface area contributed by atoms with E-state index in [0.717, 1.165) is 34.1 Å². The Hall–Kier alpha value is -1.57. The van der Waals surface area contributed by atoms with E-state index in [-0.39, 0.29) is 5.43 Å². The molecule has 1 aromatic heterocycles. The number of hydrogen-bond acceptors (Lipinski definition) is 1. The third-order valence-corrected chi connectivity index (χ3v) is 2.85. The van der Waals surface area contributed by atoms with Crippen molar-refractivity contribution < 1.29 is 0 Å². The average molecular weight is 201 g/mol. The summed E-state index contributed by atoms with van der Waals surface area (Å²) in [6.07, 6.45) is 0.866. The van der Waals surface area contributed by atoms with Gasteiger partial charge in [-0.3, -0.25) is 4.79 Å². The van der Waals surface area contributed by atoms with Crippen LogP contribution in [-0.2, 0) is 6.42 Å². The van der Waals surface area contributed by atoms with E-state index in [4.69, 9.17) is 0 Å². The number of hydrogen-bond donors (Lipinski definition) is 1. The summed E-state index contributed by atoms with van der Waals surface area (Å²) in [7, 11) is 0. The lowest BCUT2D eigenvalue weighted by Gasteiger charge is -2.06. The third kappa shape index (κ3) is 1.56. The monoisotopic (exact) mass is 201 g/mol. The molecule has 2 heteroatoms. The molecule has 2 rings (SSSR count). The molecule has 2 aromatic rings. The van der Waals surface area contributed by atoms with Crippen LogP contribution in [0.4, 0.5) is 0 Å². The van der Waals surface area contributed by atoms with E-state index in [2.05, 4.69) is 11.9 Å². The Bertz CT molecular complexity index is 566. The first kappa shape index (κ1) is 9.97. The average Bonchev–Trinajstić information content (AvgIpc) is 2.24. The van der Waals surface area contributed by atoms with Crippen molar-refractivity contribution in [3.05, 3.63) is 45.2 Å². The highest BCUT2D eigenvalue weighted by Gasteiger charge is 2.06.